The van der Waals surface area contributed by atoms with Crippen LogP contribution in [0.1, 0.15) is 20.0 Å². The molecule has 0 unspecified atom stereocenters. The molecule has 0 saturated carbocycles. The third-order valence-corrected chi connectivity index (χ3v) is 5.03. The molecule has 7 heteroatoms. The molecule has 0 aliphatic rings. The standard InChI is InChI=1S/C20H18FN3O2S/c1-24(2)16-9-5-14(6-10-16)19(25)22-23-20(26)18-12-11-17(27-18)13-3-7-15(21)8-4-13/h3-12H,1-2H3,(H,22,25)(H,23,26). The minimum atomic E-state index is -0.411. The zero-order chi connectivity index (χ0) is 19.4. The summed E-state index contributed by atoms with van der Waals surface area (Å²) in [6.07, 6.45) is 0. The summed E-state index contributed by atoms with van der Waals surface area (Å²) in [6, 6.07) is 16.5. The summed E-state index contributed by atoms with van der Waals surface area (Å²) < 4.78 is 13.0. The first-order chi connectivity index (χ1) is 12.9. The molecule has 2 N–H and O–H groups in total. The molecule has 138 valence electrons. The number of carbonyl (C=O) groups is 2. The number of nitrogens with one attached hydrogen (secondary N) is 2. The first-order valence-electron chi connectivity index (χ1n) is 8.18. The lowest BCUT2D eigenvalue weighted by molar-refractivity contribution is 0.0849. The zero-order valence-electron chi connectivity index (χ0n) is 14.8. The van der Waals surface area contributed by atoms with Crippen LogP contribution in [0, 0.1) is 5.82 Å². The van der Waals surface area contributed by atoms with Crippen LogP contribution in [-0.2, 0) is 0 Å². The Balaban J connectivity index is 1.60. The van der Waals surface area contributed by atoms with E-state index >= 15 is 0 Å². The Labute approximate surface area is 160 Å². The van der Waals surface area contributed by atoms with Gasteiger partial charge in [0.15, 0.2) is 0 Å². The molecule has 0 spiro atoms. The molecule has 0 radical (unpaired) electrons. The van der Waals surface area contributed by atoms with Crippen LogP contribution in [0.3, 0.4) is 0 Å². The smallest absolute Gasteiger partial charge is 0.279 e. The molecule has 0 bridgehead atoms. The molecule has 0 saturated heterocycles. The summed E-state index contributed by atoms with van der Waals surface area (Å²) in [5.41, 5.74) is 7.06. The van der Waals surface area contributed by atoms with Gasteiger partial charge < -0.3 is 4.90 Å². The molecule has 2 aromatic carbocycles. The molecule has 0 aliphatic carbocycles. The number of hydrazine groups is 1. The topological polar surface area (TPSA) is 61.4 Å². The van der Waals surface area contributed by atoms with E-state index in [1.165, 1.54) is 23.5 Å². The normalized spacial score (nSPS) is 10.3. The average Bonchev–Trinajstić information content (AvgIpc) is 3.16. The van der Waals surface area contributed by atoms with Crippen molar-refractivity contribution in [3.8, 4) is 10.4 Å². The van der Waals surface area contributed by atoms with Crippen molar-refractivity contribution in [3.63, 3.8) is 0 Å². The van der Waals surface area contributed by atoms with Crippen LogP contribution in [0.5, 0.6) is 0 Å². The molecular weight excluding hydrogens is 365 g/mol. The van der Waals surface area contributed by atoms with Gasteiger partial charge in [-0.25, -0.2) is 4.39 Å². The summed E-state index contributed by atoms with van der Waals surface area (Å²) >= 11 is 1.26. The average molecular weight is 383 g/mol. The number of benzene rings is 2. The van der Waals surface area contributed by atoms with E-state index in [1.807, 2.05) is 31.1 Å². The van der Waals surface area contributed by atoms with Gasteiger partial charge in [-0.1, -0.05) is 12.1 Å². The van der Waals surface area contributed by atoms with Gasteiger partial charge in [0.25, 0.3) is 11.8 Å². The number of hydrogen-bond donors (Lipinski definition) is 2. The van der Waals surface area contributed by atoms with Gasteiger partial charge in [-0.05, 0) is 54.1 Å². The summed E-state index contributed by atoms with van der Waals surface area (Å²) in [4.78, 5) is 27.6. The highest BCUT2D eigenvalue weighted by Gasteiger charge is 2.12. The minimum absolute atomic E-state index is 0.311. The number of amides is 2. The molecule has 1 aromatic heterocycles. The highest BCUT2D eigenvalue weighted by molar-refractivity contribution is 7.17. The van der Waals surface area contributed by atoms with Crippen molar-refractivity contribution < 1.29 is 14.0 Å². The highest BCUT2D eigenvalue weighted by Crippen LogP contribution is 2.28. The van der Waals surface area contributed by atoms with Crippen molar-refractivity contribution in [2.24, 2.45) is 0 Å². The van der Waals surface area contributed by atoms with E-state index in [-0.39, 0.29) is 5.82 Å². The molecule has 1 heterocycles. The predicted molar refractivity (Wildman–Crippen MR) is 105 cm³/mol. The number of anilines is 1. The lowest BCUT2D eigenvalue weighted by atomic mass is 10.2. The molecule has 27 heavy (non-hydrogen) atoms. The number of hydrogen-bond acceptors (Lipinski definition) is 4. The molecule has 3 aromatic rings. The van der Waals surface area contributed by atoms with E-state index in [0.29, 0.717) is 10.4 Å². The molecule has 0 aliphatic heterocycles. The number of nitrogens with zero attached hydrogens (tertiary/aromatic N) is 1. The van der Waals surface area contributed by atoms with Crippen LogP contribution in [0.2, 0.25) is 0 Å². The van der Waals surface area contributed by atoms with E-state index in [4.69, 9.17) is 0 Å². The van der Waals surface area contributed by atoms with Crippen LogP contribution >= 0.6 is 11.3 Å². The summed E-state index contributed by atoms with van der Waals surface area (Å²) in [5.74, 6) is -1.12. The van der Waals surface area contributed by atoms with Crippen LogP contribution in [0.25, 0.3) is 10.4 Å². The fraction of sp³-hybridized carbons (Fsp3) is 0.100. The van der Waals surface area contributed by atoms with E-state index in [1.54, 1.807) is 36.4 Å². The van der Waals surface area contributed by atoms with Crippen LogP contribution < -0.4 is 15.8 Å². The van der Waals surface area contributed by atoms with Crippen LogP contribution in [-0.4, -0.2) is 25.9 Å². The van der Waals surface area contributed by atoms with Crippen LogP contribution in [0.4, 0.5) is 10.1 Å². The maximum Gasteiger partial charge on any atom is 0.279 e. The quantitative estimate of drug-likeness (QED) is 0.676. The zero-order valence-corrected chi connectivity index (χ0v) is 15.6. The van der Waals surface area contributed by atoms with E-state index < -0.39 is 11.8 Å². The Hall–Kier alpha value is -3.19. The number of carbonyl (C=O) groups excluding carboxylic acids is 2. The van der Waals surface area contributed by atoms with Crippen LogP contribution in [0.15, 0.2) is 60.7 Å². The van der Waals surface area contributed by atoms with E-state index in [9.17, 15) is 14.0 Å². The van der Waals surface area contributed by atoms with Gasteiger partial charge in [0, 0.05) is 30.2 Å². The van der Waals surface area contributed by atoms with Gasteiger partial charge in [0.05, 0.1) is 4.88 Å². The largest absolute Gasteiger partial charge is 0.378 e. The molecule has 0 atom stereocenters. The summed E-state index contributed by atoms with van der Waals surface area (Å²) in [6.45, 7) is 0. The molecule has 0 fully saturated rings. The van der Waals surface area contributed by atoms with Crippen molar-refractivity contribution in [2.75, 3.05) is 19.0 Å². The predicted octanol–water partition coefficient (Wildman–Crippen LogP) is 3.70. The van der Waals surface area contributed by atoms with Gasteiger partial charge in [0.1, 0.15) is 5.82 Å². The Morgan fingerprint density at radius 3 is 2.11 bits per heavy atom. The van der Waals surface area contributed by atoms with Gasteiger partial charge in [0.2, 0.25) is 0 Å². The lowest BCUT2D eigenvalue weighted by Crippen LogP contribution is -2.41. The third kappa shape index (κ3) is 4.51. The molecular formula is C20H18FN3O2S. The second-order valence-electron chi connectivity index (χ2n) is 6.02. The second-order valence-corrected chi connectivity index (χ2v) is 7.10. The third-order valence-electron chi connectivity index (χ3n) is 3.89. The maximum atomic E-state index is 13.0. The van der Waals surface area contributed by atoms with Crippen molar-refractivity contribution in [1.29, 1.82) is 0 Å². The van der Waals surface area contributed by atoms with Crippen molar-refractivity contribution >= 4 is 28.8 Å². The van der Waals surface area contributed by atoms with Crippen molar-refractivity contribution in [2.45, 2.75) is 0 Å². The molecule has 5 nitrogen and oxygen atoms in total. The van der Waals surface area contributed by atoms with Gasteiger partial charge in [-0.3, -0.25) is 20.4 Å². The fourth-order valence-corrected chi connectivity index (χ4v) is 3.29. The fourth-order valence-electron chi connectivity index (χ4n) is 2.39. The highest BCUT2D eigenvalue weighted by atomic mass is 32.1. The molecule has 2 amide bonds. The van der Waals surface area contributed by atoms with E-state index in [2.05, 4.69) is 10.9 Å². The monoisotopic (exact) mass is 383 g/mol. The van der Waals surface area contributed by atoms with E-state index in [0.717, 1.165) is 16.1 Å². The minimum Gasteiger partial charge on any atom is -0.378 e. The first kappa shape index (κ1) is 18.6. The number of halogens is 1. The number of thiophene rings is 1. The SMILES string of the molecule is CN(C)c1ccc(C(=O)NNC(=O)c2ccc(-c3ccc(F)cc3)s2)cc1. The lowest BCUT2D eigenvalue weighted by Gasteiger charge is -2.12. The maximum absolute atomic E-state index is 13.0. The summed E-state index contributed by atoms with van der Waals surface area (Å²) in [7, 11) is 3.83. The Kier molecular flexibility index (Phi) is 5.52. The van der Waals surface area contributed by atoms with Crippen molar-refractivity contribution in [1.82, 2.24) is 10.9 Å². The molecule has 3 rings (SSSR count). The van der Waals surface area contributed by atoms with Crippen molar-refractivity contribution in [3.05, 3.63) is 76.9 Å². The van der Waals surface area contributed by atoms with Gasteiger partial charge >= 0.3 is 0 Å². The number of rotatable bonds is 4. The van der Waals surface area contributed by atoms with Gasteiger partial charge in [-0.2, -0.15) is 0 Å². The first-order valence-corrected chi connectivity index (χ1v) is 8.99. The Morgan fingerprint density at radius 2 is 1.48 bits per heavy atom. The Bertz CT molecular complexity index is 950. The second kappa shape index (κ2) is 8.01. The van der Waals surface area contributed by atoms with Gasteiger partial charge in [-0.15, -0.1) is 11.3 Å². The Morgan fingerprint density at radius 1 is 0.852 bits per heavy atom. The summed E-state index contributed by atoms with van der Waals surface area (Å²) in [5, 5.41) is 0.